The van der Waals surface area contributed by atoms with E-state index < -0.39 is 0 Å². The van der Waals surface area contributed by atoms with Crippen molar-refractivity contribution >= 4 is 11.7 Å². The number of carbonyl (C=O) groups is 1. The molecule has 7 nitrogen and oxygen atoms in total. The zero-order chi connectivity index (χ0) is 15.2. The Morgan fingerprint density at radius 1 is 1.33 bits per heavy atom. The van der Waals surface area contributed by atoms with Gasteiger partial charge in [-0.1, -0.05) is 0 Å². The molecular weight excluding hydrogens is 270 g/mol. The molecule has 1 N–H and O–H groups in total. The minimum Gasteiger partial charge on any atom is -0.383 e. The maximum Gasteiger partial charge on any atom is 0.272 e. The average Bonchev–Trinajstić information content (AvgIpc) is 2.47. The number of likely N-dealkylation sites (N-methyl/N-ethyl adjacent to an activating group) is 1. The topological polar surface area (TPSA) is 70.6 Å². The number of aromatic nitrogens is 2. The average molecular weight is 293 g/mol. The first-order valence-electron chi connectivity index (χ1n) is 7.16. The Morgan fingerprint density at radius 2 is 2.05 bits per heavy atom. The number of nitrogens with one attached hydrogen (secondary N) is 1. The van der Waals surface area contributed by atoms with Crippen LogP contribution >= 0.6 is 0 Å². The van der Waals surface area contributed by atoms with Gasteiger partial charge in [0.2, 0.25) is 0 Å². The standard InChI is InChI=1S/C14H23N5O2/c1-11-16-12(10-13(17-11)15-4-9-21-3)14(20)19-7-5-18(2)6-8-19/h10H,4-9H2,1-3H3,(H,15,16,17). The molecule has 0 aliphatic carbocycles. The van der Waals surface area contributed by atoms with Crippen molar-refractivity contribution in [2.24, 2.45) is 0 Å². The van der Waals surface area contributed by atoms with Gasteiger partial charge < -0.3 is 19.9 Å². The molecule has 1 aromatic heterocycles. The molecule has 0 aromatic carbocycles. The normalized spacial score (nSPS) is 16.0. The number of anilines is 1. The quantitative estimate of drug-likeness (QED) is 0.784. The second-order valence-corrected chi connectivity index (χ2v) is 5.20. The van der Waals surface area contributed by atoms with Crippen molar-refractivity contribution in [1.82, 2.24) is 19.8 Å². The molecule has 1 saturated heterocycles. The van der Waals surface area contributed by atoms with Gasteiger partial charge in [-0.25, -0.2) is 9.97 Å². The third kappa shape index (κ3) is 4.37. The lowest BCUT2D eigenvalue weighted by molar-refractivity contribution is 0.0658. The summed E-state index contributed by atoms with van der Waals surface area (Å²) in [5.41, 5.74) is 0.451. The van der Waals surface area contributed by atoms with Crippen molar-refractivity contribution < 1.29 is 9.53 Å². The molecule has 2 rings (SSSR count). The van der Waals surface area contributed by atoms with E-state index in [2.05, 4.69) is 27.2 Å². The molecule has 1 aromatic rings. The summed E-state index contributed by atoms with van der Waals surface area (Å²) in [4.78, 5) is 25.1. The molecule has 0 radical (unpaired) electrons. The van der Waals surface area contributed by atoms with E-state index in [1.54, 1.807) is 20.1 Å². The fourth-order valence-electron chi connectivity index (χ4n) is 2.22. The van der Waals surface area contributed by atoms with Crippen molar-refractivity contribution in [2.75, 3.05) is 58.8 Å². The highest BCUT2D eigenvalue weighted by Crippen LogP contribution is 2.11. The number of rotatable bonds is 5. The van der Waals surface area contributed by atoms with E-state index in [0.29, 0.717) is 30.5 Å². The largest absolute Gasteiger partial charge is 0.383 e. The highest BCUT2D eigenvalue weighted by atomic mass is 16.5. The Morgan fingerprint density at radius 3 is 2.71 bits per heavy atom. The fourth-order valence-corrected chi connectivity index (χ4v) is 2.22. The molecule has 1 fully saturated rings. The summed E-state index contributed by atoms with van der Waals surface area (Å²) >= 11 is 0. The van der Waals surface area contributed by atoms with Gasteiger partial charge in [0, 0.05) is 45.9 Å². The SMILES string of the molecule is COCCNc1cc(C(=O)N2CCN(C)CC2)nc(C)n1. The van der Waals surface area contributed by atoms with Gasteiger partial charge >= 0.3 is 0 Å². The van der Waals surface area contributed by atoms with E-state index in [1.165, 1.54) is 0 Å². The molecule has 0 bridgehead atoms. The van der Waals surface area contributed by atoms with E-state index >= 15 is 0 Å². The molecule has 21 heavy (non-hydrogen) atoms. The van der Waals surface area contributed by atoms with E-state index in [9.17, 15) is 4.79 Å². The van der Waals surface area contributed by atoms with E-state index in [-0.39, 0.29) is 5.91 Å². The predicted octanol–water partition coefficient (Wildman–Crippen LogP) is 0.231. The maximum atomic E-state index is 12.5. The zero-order valence-corrected chi connectivity index (χ0v) is 12.9. The minimum atomic E-state index is -0.0246. The van der Waals surface area contributed by atoms with Crippen molar-refractivity contribution in [2.45, 2.75) is 6.92 Å². The number of hydrogen-bond donors (Lipinski definition) is 1. The first-order chi connectivity index (χ1) is 10.1. The molecule has 0 saturated carbocycles. The number of amides is 1. The Labute approximate surface area is 125 Å². The van der Waals surface area contributed by atoms with Crippen molar-refractivity contribution in [1.29, 1.82) is 0 Å². The van der Waals surface area contributed by atoms with Crippen LogP contribution in [0.1, 0.15) is 16.3 Å². The highest BCUT2D eigenvalue weighted by Gasteiger charge is 2.22. The maximum absolute atomic E-state index is 12.5. The van der Waals surface area contributed by atoms with Crippen molar-refractivity contribution in [3.8, 4) is 0 Å². The van der Waals surface area contributed by atoms with Gasteiger partial charge in [-0.05, 0) is 14.0 Å². The van der Waals surface area contributed by atoms with Gasteiger partial charge in [0.25, 0.3) is 5.91 Å². The van der Waals surface area contributed by atoms with Crippen LogP contribution in [0.4, 0.5) is 5.82 Å². The van der Waals surface area contributed by atoms with Crippen molar-refractivity contribution in [3.63, 3.8) is 0 Å². The Hall–Kier alpha value is -1.73. The van der Waals surface area contributed by atoms with Gasteiger partial charge in [-0.3, -0.25) is 4.79 Å². The summed E-state index contributed by atoms with van der Waals surface area (Å²) in [7, 11) is 3.71. The Bertz CT molecular complexity index is 486. The number of methoxy groups -OCH3 is 1. The summed E-state index contributed by atoms with van der Waals surface area (Å²) in [5.74, 6) is 1.23. The number of nitrogens with zero attached hydrogens (tertiary/aromatic N) is 4. The smallest absolute Gasteiger partial charge is 0.272 e. The molecule has 0 unspecified atom stereocenters. The number of hydrogen-bond acceptors (Lipinski definition) is 6. The van der Waals surface area contributed by atoms with Crippen LogP contribution in [0.3, 0.4) is 0 Å². The zero-order valence-electron chi connectivity index (χ0n) is 12.9. The monoisotopic (exact) mass is 293 g/mol. The van der Waals surface area contributed by atoms with Crippen LogP contribution in [0, 0.1) is 6.92 Å². The second-order valence-electron chi connectivity index (χ2n) is 5.20. The predicted molar refractivity (Wildman–Crippen MR) is 80.5 cm³/mol. The summed E-state index contributed by atoms with van der Waals surface area (Å²) < 4.78 is 4.99. The summed E-state index contributed by atoms with van der Waals surface area (Å²) in [6.45, 7) is 6.31. The number of ether oxygens (including phenoxy) is 1. The number of aryl methyl sites for hydroxylation is 1. The Balaban J connectivity index is 2.06. The summed E-state index contributed by atoms with van der Waals surface area (Å²) in [6, 6.07) is 1.71. The third-order valence-corrected chi connectivity index (χ3v) is 3.46. The lowest BCUT2D eigenvalue weighted by Crippen LogP contribution is -2.47. The molecule has 1 aliphatic rings. The third-order valence-electron chi connectivity index (χ3n) is 3.46. The van der Waals surface area contributed by atoms with Crippen LogP contribution in [0.15, 0.2) is 6.07 Å². The molecule has 116 valence electrons. The van der Waals surface area contributed by atoms with Gasteiger partial charge in [0.05, 0.1) is 6.61 Å². The van der Waals surface area contributed by atoms with Gasteiger partial charge in [-0.15, -0.1) is 0 Å². The molecule has 0 atom stereocenters. The first kappa shape index (κ1) is 15.7. The lowest BCUT2D eigenvalue weighted by Gasteiger charge is -2.32. The number of carbonyl (C=O) groups excluding carboxylic acids is 1. The molecule has 1 aliphatic heterocycles. The van der Waals surface area contributed by atoms with E-state index in [4.69, 9.17) is 4.74 Å². The van der Waals surface area contributed by atoms with Crippen molar-refractivity contribution in [3.05, 3.63) is 17.6 Å². The number of piperazine rings is 1. The van der Waals surface area contributed by atoms with E-state index in [0.717, 1.165) is 26.2 Å². The molecular formula is C14H23N5O2. The van der Waals surface area contributed by atoms with Gasteiger partial charge in [0.1, 0.15) is 17.3 Å². The van der Waals surface area contributed by atoms with Crippen LogP contribution < -0.4 is 5.32 Å². The van der Waals surface area contributed by atoms with Gasteiger partial charge in [-0.2, -0.15) is 0 Å². The molecule has 2 heterocycles. The first-order valence-corrected chi connectivity index (χ1v) is 7.16. The van der Waals surface area contributed by atoms with Crippen LogP contribution in [-0.4, -0.2) is 79.2 Å². The Kier molecular flexibility index (Phi) is 5.46. The van der Waals surface area contributed by atoms with Crippen LogP contribution in [0.5, 0.6) is 0 Å². The van der Waals surface area contributed by atoms with E-state index in [1.807, 2.05) is 4.90 Å². The van der Waals surface area contributed by atoms with Crippen LogP contribution in [0.2, 0.25) is 0 Å². The minimum absolute atomic E-state index is 0.0246. The second kappa shape index (κ2) is 7.33. The van der Waals surface area contributed by atoms with Crippen LogP contribution in [-0.2, 0) is 4.74 Å². The molecule has 1 amide bonds. The highest BCUT2D eigenvalue weighted by molar-refractivity contribution is 5.93. The van der Waals surface area contributed by atoms with Crippen LogP contribution in [0.25, 0.3) is 0 Å². The lowest BCUT2D eigenvalue weighted by atomic mass is 10.2. The molecule has 0 spiro atoms. The van der Waals surface area contributed by atoms with Gasteiger partial charge in [0.15, 0.2) is 0 Å². The summed E-state index contributed by atoms with van der Waals surface area (Å²) in [6.07, 6.45) is 0. The summed E-state index contributed by atoms with van der Waals surface area (Å²) in [5, 5.41) is 3.14. The molecule has 7 heteroatoms. The fraction of sp³-hybridized carbons (Fsp3) is 0.643.